The van der Waals surface area contributed by atoms with E-state index in [1.807, 2.05) is 44.2 Å². The van der Waals surface area contributed by atoms with Gasteiger partial charge in [0.05, 0.1) is 12.7 Å². The van der Waals surface area contributed by atoms with Crippen molar-refractivity contribution in [1.82, 2.24) is 5.32 Å². The van der Waals surface area contributed by atoms with Gasteiger partial charge in [0.25, 0.3) is 5.91 Å². The third-order valence-electron chi connectivity index (χ3n) is 5.13. The number of aromatic carboxylic acids is 1. The van der Waals surface area contributed by atoms with Crippen molar-refractivity contribution in [3.05, 3.63) is 89.0 Å². The summed E-state index contributed by atoms with van der Waals surface area (Å²) in [5.41, 5.74) is 1.78. The van der Waals surface area contributed by atoms with E-state index in [2.05, 4.69) is 5.32 Å². The normalized spacial score (nSPS) is 10.6. The van der Waals surface area contributed by atoms with Gasteiger partial charge in [-0.2, -0.15) is 0 Å². The van der Waals surface area contributed by atoms with Gasteiger partial charge in [-0.15, -0.1) is 0 Å². The number of esters is 1. The summed E-state index contributed by atoms with van der Waals surface area (Å²) in [6.07, 6.45) is 0. The van der Waals surface area contributed by atoms with Crippen LogP contribution in [0, 0.1) is 5.92 Å². The van der Waals surface area contributed by atoms with Gasteiger partial charge in [0.15, 0.2) is 0 Å². The number of carboxylic acids is 1. The maximum absolute atomic E-state index is 12.6. The molecule has 34 heavy (non-hydrogen) atoms. The summed E-state index contributed by atoms with van der Waals surface area (Å²) < 4.78 is 10.7. The number of benzene rings is 3. The van der Waals surface area contributed by atoms with Crippen molar-refractivity contribution in [1.29, 1.82) is 0 Å². The zero-order valence-electron chi connectivity index (χ0n) is 19.3. The minimum atomic E-state index is -1.20. The Hall–Kier alpha value is -4.13. The molecule has 3 aromatic carbocycles. The number of carbonyl (C=O) groups is 3. The van der Waals surface area contributed by atoms with Gasteiger partial charge in [0, 0.05) is 17.7 Å². The van der Waals surface area contributed by atoms with Crippen molar-refractivity contribution in [3.8, 4) is 16.9 Å². The maximum Gasteiger partial charge on any atom is 0.340 e. The molecule has 0 atom stereocenters. The van der Waals surface area contributed by atoms with Gasteiger partial charge >= 0.3 is 11.9 Å². The number of methoxy groups -OCH3 is 1. The van der Waals surface area contributed by atoms with Crippen LogP contribution in [0.2, 0.25) is 0 Å². The van der Waals surface area contributed by atoms with E-state index >= 15 is 0 Å². The molecule has 0 aromatic heterocycles. The minimum absolute atomic E-state index is 0.0828. The predicted molar refractivity (Wildman–Crippen MR) is 128 cm³/mol. The van der Waals surface area contributed by atoms with Gasteiger partial charge in [-0.05, 0) is 35.2 Å². The molecule has 0 aliphatic carbocycles. The molecule has 7 nitrogen and oxygen atoms in total. The van der Waals surface area contributed by atoms with Gasteiger partial charge < -0.3 is 19.9 Å². The highest BCUT2D eigenvalue weighted by Crippen LogP contribution is 2.34. The van der Waals surface area contributed by atoms with E-state index in [0.29, 0.717) is 12.1 Å². The van der Waals surface area contributed by atoms with Crippen LogP contribution in [0.1, 0.15) is 50.5 Å². The minimum Gasteiger partial charge on any atom is -0.488 e. The number of ether oxygens (including phenoxy) is 2. The quantitative estimate of drug-likeness (QED) is 0.444. The molecule has 0 fully saturated rings. The monoisotopic (exact) mass is 461 g/mol. The van der Waals surface area contributed by atoms with Crippen LogP contribution < -0.4 is 10.1 Å². The highest BCUT2D eigenvalue weighted by molar-refractivity contribution is 6.06. The number of carbonyl (C=O) groups excluding carboxylic acids is 2. The molecule has 176 valence electrons. The zero-order valence-corrected chi connectivity index (χ0v) is 19.3. The van der Waals surface area contributed by atoms with Crippen LogP contribution in [-0.2, 0) is 11.3 Å². The molecular formula is C27H27NO6. The lowest BCUT2D eigenvalue weighted by Gasteiger charge is -2.16. The third-order valence-corrected chi connectivity index (χ3v) is 5.13. The largest absolute Gasteiger partial charge is 0.488 e. The highest BCUT2D eigenvalue weighted by atomic mass is 16.5. The predicted octanol–water partition coefficient (Wildman–Crippen LogP) is 4.80. The Balaban J connectivity index is 2.04. The Morgan fingerprint density at radius 2 is 1.68 bits per heavy atom. The molecule has 3 rings (SSSR count). The summed E-state index contributed by atoms with van der Waals surface area (Å²) in [6.45, 7) is 4.62. The molecule has 0 spiro atoms. The summed E-state index contributed by atoms with van der Waals surface area (Å²) >= 11 is 0. The average molecular weight is 462 g/mol. The van der Waals surface area contributed by atoms with Gasteiger partial charge in [0.2, 0.25) is 0 Å². The SMILES string of the molecule is COC(=O)c1cc(C(=O)NCC(C)C)ccc1-c1cccc(OCc2ccccc2)c1C(=O)O. The summed E-state index contributed by atoms with van der Waals surface area (Å²) in [7, 11) is 1.23. The Kier molecular flexibility index (Phi) is 8.03. The number of nitrogens with one attached hydrogen (secondary N) is 1. The Bertz CT molecular complexity index is 1190. The molecule has 0 unspecified atom stereocenters. The molecule has 0 saturated carbocycles. The number of hydrogen-bond donors (Lipinski definition) is 2. The second kappa shape index (κ2) is 11.1. The molecule has 0 aliphatic rings. The fraction of sp³-hybridized carbons (Fsp3) is 0.222. The van der Waals surface area contributed by atoms with E-state index in [1.165, 1.54) is 13.2 Å². The molecule has 7 heteroatoms. The van der Waals surface area contributed by atoms with Crippen LogP contribution in [-0.4, -0.2) is 36.6 Å². The molecule has 0 heterocycles. The van der Waals surface area contributed by atoms with Crippen molar-refractivity contribution < 1.29 is 29.0 Å². The molecule has 1 amide bonds. The van der Waals surface area contributed by atoms with Gasteiger partial charge in [0.1, 0.15) is 17.9 Å². The number of hydrogen-bond acceptors (Lipinski definition) is 5. The van der Waals surface area contributed by atoms with Crippen molar-refractivity contribution in [3.63, 3.8) is 0 Å². The summed E-state index contributed by atoms with van der Waals surface area (Å²) in [4.78, 5) is 37.4. The van der Waals surface area contributed by atoms with E-state index in [4.69, 9.17) is 9.47 Å². The van der Waals surface area contributed by atoms with Crippen LogP contribution in [0.15, 0.2) is 66.7 Å². The molecule has 0 bridgehead atoms. The molecule has 0 radical (unpaired) electrons. The summed E-state index contributed by atoms with van der Waals surface area (Å²) in [5, 5.41) is 12.8. The summed E-state index contributed by atoms with van der Waals surface area (Å²) in [5.74, 6) is -1.78. The zero-order chi connectivity index (χ0) is 24.7. The Labute approximate surface area is 198 Å². The Morgan fingerprint density at radius 1 is 0.941 bits per heavy atom. The van der Waals surface area contributed by atoms with Crippen molar-refractivity contribution in [2.24, 2.45) is 5.92 Å². The third kappa shape index (κ3) is 5.81. The number of carboxylic acid groups (broad SMARTS) is 1. The Morgan fingerprint density at radius 3 is 2.32 bits per heavy atom. The molecule has 2 N–H and O–H groups in total. The van der Waals surface area contributed by atoms with E-state index in [0.717, 1.165) is 5.56 Å². The van der Waals surface area contributed by atoms with Crippen LogP contribution in [0.25, 0.3) is 11.1 Å². The maximum atomic E-state index is 12.6. The summed E-state index contributed by atoms with van der Waals surface area (Å²) in [6, 6.07) is 18.7. The second-order valence-electron chi connectivity index (χ2n) is 8.11. The average Bonchev–Trinajstić information content (AvgIpc) is 2.85. The fourth-order valence-corrected chi connectivity index (χ4v) is 3.43. The van der Waals surface area contributed by atoms with E-state index < -0.39 is 11.9 Å². The van der Waals surface area contributed by atoms with E-state index in [9.17, 15) is 19.5 Å². The first-order chi connectivity index (χ1) is 16.3. The van der Waals surface area contributed by atoms with Crippen LogP contribution >= 0.6 is 0 Å². The molecule has 3 aromatic rings. The van der Waals surface area contributed by atoms with Crippen LogP contribution in [0.5, 0.6) is 5.75 Å². The molecular weight excluding hydrogens is 434 g/mol. The second-order valence-corrected chi connectivity index (χ2v) is 8.11. The number of amides is 1. The first kappa shape index (κ1) is 24.5. The van der Waals surface area contributed by atoms with E-state index in [-0.39, 0.29) is 46.4 Å². The molecule has 0 saturated heterocycles. The smallest absolute Gasteiger partial charge is 0.340 e. The van der Waals surface area contributed by atoms with Crippen LogP contribution in [0.3, 0.4) is 0 Å². The first-order valence-corrected chi connectivity index (χ1v) is 10.9. The lowest BCUT2D eigenvalue weighted by Crippen LogP contribution is -2.27. The van der Waals surface area contributed by atoms with E-state index in [1.54, 1.807) is 30.3 Å². The van der Waals surface area contributed by atoms with Crippen molar-refractivity contribution in [2.75, 3.05) is 13.7 Å². The molecule has 0 aliphatic heterocycles. The lowest BCUT2D eigenvalue weighted by molar-refractivity contribution is 0.0600. The van der Waals surface area contributed by atoms with Crippen LogP contribution in [0.4, 0.5) is 0 Å². The fourth-order valence-electron chi connectivity index (χ4n) is 3.43. The highest BCUT2D eigenvalue weighted by Gasteiger charge is 2.23. The first-order valence-electron chi connectivity index (χ1n) is 10.9. The van der Waals surface area contributed by atoms with Gasteiger partial charge in [-0.3, -0.25) is 4.79 Å². The lowest BCUT2D eigenvalue weighted by atomic mass is 9.93. The van der Waals surface area contributed by atoms with Gasteiger partial charge in [-0.1, -0.05) is 62.4 Å². The van der Waals surface area contributed by atoms with Gasteiger partial charge in [-0.25, -0.2) is 9.59 Å². The van der Waals surface area contributed by atoms with Crippen molar-refractivity contribution in [2.45, 2.75) is 20.5 Å². The number of rotatable bonds is 9. The topological polar surface area (TPSA) is 102 Å². The standard InChI is InChI=1S/C27H27NO6/c1-17(2)15-28-25(29)19-12-13-20(22(14-19)27(32)33-3)21-10-7-11-23(24(21)26(30)31)34-16-18-8-5-4-6-9-18/h4-14,17H,15-16H2,1-3H3,(H,28,29)(H,30,31). The van der Waals surface area contributed by atoms with Crippen molar-refractivity contribution >= 4 is 17.8 Å².